The fourth-order valence-electron chi connectivity index (χ4n) is 3.00. The molecule has 2 aliphatic rings. The molecule has 124 valence electrons. The molecule has 23 heavy (non-hydrogen) atoms. The van der Waals surface area contributed by atoms with Crippen molar-refractivity contribution in [2.75, 3.05) is 18.6 Å². The second kappa shape index (κ2) is 6.35. The Balaban J connectivity index is 1.73. The highest BCUT2D eigenvalue weighted by Crippen LogP contribution is 2.32. The number of rotatable bonds is 5. The van der Waals surface area contributed by atoms with Gasteiger partial charge in [0.05, 0.1) is 18.6 Å². The quantitative estimate of drug-likeness (QED) is 0.771. The molecule has 1 aliphatic carbocycles. The molecule has 0 N–H and O–H groups in total. The number of methoxy groups -OCH3 is 1. The van der Waals surface area contributed by atoms with Crippen molar-refractivity contribution >= 4 is 21.8 Å². The number of ether oxygens (including phenoxy) is 1. The molecule has 0 spiro atoms. The Morgan fingerprint density at radius 3 is 2.65 bits per heavy atom. The first-order valence-electron chi connectivity index (χ1n) is 7.83. The van der Waals surface area contributed by atoms with Crippen molar-refractivity contribution in [2.45, 2.75) is 31.3 Å². The fraction of sp³-hybridized carbons (Fsp3) is 0.471. The van der Waals surface area contributed by atoms with Gasteiger partial charge in [-0.25, -0.2) is 8.42 Å². The normalized spacial score (nSPS) is 23.1. The summed E-state index contributed by atoms with van der Waals surface area (Å²) in [5, 5.41) is 0. The van der Waals surface area contributed by atoms with E-state index in [9.17, 15) is 13.2 Å². The lowest BCUT2D eigenvalue weighted by Gasteiger charge is -2.27. The van der Waals surface area contributed by atoms with Crippen LogP contribution in [0.1, 0.15) is 24.8 Å². The van der Waals surface area contributed by atoms with E-state index in [1.165, 1.54) is 6.08 Å². The maximum absolute atomic E-state index is 12.6. The van der Waals surface area contributed by atoms with Gasteiger partial charge in [0.2, 0.25) is 5.91 Å². The summed E-state index contributed by atoms with van der Waals surface area (Å²) < 4.78 is 28.5. The summed E-state index contributed by atoms with van der Waals surface area (Å²) in [7, 11) is -1.39. The monoisotopic (exact) mass is 335 g/mol. The highest BCUT2D eigenvalue weighted by Gasteiger charge is 2.41. The first kappa shape index (κ1) is 16.1. The van der Waals surface area contributed by atoms with Gasteiger partial charge in [-0.2, -0.15) is 0 Å². The molecule has 1 aromatic rings. The van der Waals surface area contributed by atoms with Crippen molar-refractivity contribution in [3.05, 3.63) is 35.9 Å². The van der Waals surface area contributed by atoms with Crippen LogP contribution in [-0.2, 0) is 14.6 Å². The van der Waals surface area contributed by atoms with Crippen LogP contribution in [0.15, 0.2) is 30.3 Å². The maximum Gasteiger partial charge on any atom is 0.247 e. The Hall–Kier alpha value is -1.82. The molecular formula is C17H21NO4S. The molecule has 0 bridgehead atoms. The van der Waals surface area contributed by atoms with Gasteiger partial charge in [0.25, 0.3) is 0 Å². The van der Waals surface area contributed by atoms with Crippen LogP contribution < -0.4 is 4.74 Å². The highest BCUT2D eigenvalue weighted by atomic mass is 32.2. The van der Waals surface area contributed by atoms with Gasteiger partial charge in [-0.15, -0.1) is 0 Å². The molecule has 1 unspecified atom stereocenters. The topological polar surface area (TPSA) is 63.7 Å². The molecule has 5 nitrogen and oxygen atoms in total. The van der Waals surface area contributed by atoms with Gasteiger partial charge >= 0.3 is 0 Å². The van der Waals surface area contributed by atoms with E-state index in [2.05, 4.69) is 0 Å². The van der Waals surface area contributed by atoms with Crippen molar-refractivity contribution in [3.63, 3.8) is 0 Å². The van der Waals surface area contributed by atoms with Gasteiger partial charge < -0.3 is 9.64 Å². The van der Waals surface area contributed by atoms with Crippen LogP contribution in [0.3, 0.4) is 0 Å². The zero-order chi connectivity index (χ0) is 16.4. The third-order valence-corrected chi connectivity index (χ3v) is 6.06. The lowest BCUT2D eigenvalue weighted by molar-refractivity contribution is -0.128. The number of hydrogen-bond acceptors (Lipinski definition) is 4. The molecule has 1 atom stereocenters. The molecule has 1 amide bonds. The summed E-state index contributed by atoms with van der Waals surface area (Å²) in [6.07, 6.45) is 5.78. The molecule has 1 aliphatic heterocycles. The van der Waals surface area contributed by atoms with Crippen LogP contribution in [0.4, 0.5) is 0 Å². The van der Waals surface area contributed by atoms with Gasteiger partial charge in [-0.05, 0) is 43.0 Å². The summed E-state index contributed by atoms with van der Waals surface area (Å²) in [5.41, 5.74) is 0.882. The Morgan fingerprint density at radius 1 is 1.26 bits per heavy atom. The lowest BCUT2D eigenvalue weighted by atomic mass is 10.1. The highest BCUT2D eigenvalue weighted by molar-refractivity contribution is 7.91. The number of hydrogen-bond donors (Lipinski definition) is 0. The number of carbonyl (C=O) groups is 1. The van der Waals surface area contributed by atoms with Crippen LogP contribution >= 0.6 is 0 Å². The molecule has 1 aromatic carbocycles. The molecule has 1 saturated heterocycles. The third kappa shape index (κ3) is 3.93. The van der Waals surface area contributed by atoms with Crippen molar-refractivity contribution < 1.29 is 17.9 Å². The van der Waals surface area contributed by atoms with E-state index in [0.29, 0.717) is 6.42 Å². The summed E-state index contributed by atoms with van der Waals surface area (Å²) in [6.45, 7) is 0. The predicted molar refractivity (Wildman–Crippen MR) is 89.0 cm³/mol. The van der Waals surface area contributed by atoms with E-state index in [1.807, 2.05) is 24.3 Å². The standard InChI is InChI=1S/C17H21NO4S/c1-22-16-4-2-3-13(11-16)5-8-17(19)18(14-6-7-14)15-9-10-23(20,21)12-15/h2-5,8,11,14-15H,6-7,9-10,12H2,1H3/b8-5+. The van der Waals surface area contributed by atoms with Crippen molar-refractivity contribution in [1.29, 1.82) is 0 Å². The van der Waals surface area contributed by atoms with Crippen molar-refractivity contribution in [1.82, 2.24) is 4.90 Å². The van der Waals surface area contributed by atoms with Crippen LogP contribution in [0.25, 0.3) is 6.08 Å². The number of sulfone groups is 1. The average Bonchev–Trinajstić information content (AvgIpc) is 3.29. The molecule has 0 radical (unpaired) electrons. The van der Waals surface area contributed by atoms with E-state index in [1.54, 1.807) is 18.1 Å². The van der Waals surface area contributed by atoms with E-state index in [4.69, 9.17) is 4.74 Å². The first-order valence-corrected chi connectivity index (χ1v) is 9.65. The van der Waals surface area contributed by atoms with E-state index in [0.717, 1.165) is 24.2 Å². The van der Waals surface area contributed by atoms with Crippen LogP contribution in [-0.4, -0.2) is 49.9 Å². The first-order chi connectivity index (χ1) is 11.0. The van der Waals surface area contributed by atoms with Gasteiger partial charge in [0, 0.05) is 18.2 Å². The minimum absolute atomic E-state index is 0.0994. The second-order valence-electron chi connectivity index (χ2n) is 6.14. The second-order valence-corrected chi connectivity index (χ2v) is 8.37. The Labute approximate surface area is 136 Å². The van der Waals surface area contributed by atoms with Crippen LogP contribution in [0, 0.1) is 0 Å². The molecule has 1 saturated carbocycles. The predicted octanol–water partition coefficient (Wildman–Crippen LogP) is 1.89. The molecule has 3 rings (SSSR count). The summed E-state index contributed by atoms with van der Waals surface area (Å²) >= 11 is 0. The minimum Gasteiger partial charge on any atom is -0.497 e. The molecule has 1 heterocycles. The van der Waals surface area contributed by atoms with Crippen LogP contribution in [0.5, 0.6) is 5.75 Å². The number of carbonyl (C=O) groups excluding carboxylic acids is 1. The van der Waals surface area contributed by atoms with Crippen molar-refractivity contribution in [2.24, 2.45) is 0 Å². The Morgan fingerprint density at radius 2 is 2.04 bits per heavy atom. The van der Waals surface area contributed by atoms with Gasteiger partial charge in [-0.1, -0.05) is 12.1 Å². The summed E-state index contributed by atoms with van der Waals surface area (Å²) in [4.78, 5) is 14.3. The molecular weight excluding hydrogens is 314 g/mol. The maximum atomic E-state index is 12.6. The zero-order valence-electron chi connectivity index (χ0n) is 13.1. The lowest BCUT2D eigenvalue weighted by Crippen LogP contribution is -2.41. The van der Waals surface area contributed by atoms with Gasteiger partial charge in [-0.3, -0.25) is 4.79 Å². The average molecular weight is 335 g/mol. The number of amides is 1. The fourth-order valence-corrected chi connectivity index (χ4v) is 4.72. The summed E-state index contributed by atoms with van der Waals surface area (Å²) in [6, 6.07) is 7.49. The summed E-state index contributed by atoms with van der Waals surface area (Å²) in [5.74, 6) is 0.925. The SMILES string of the molecule is COc1cccc(/C=C/C(=O)N(C2CC2)C2CCS(=O)(=O)C2)c1. The largest absolute Gasteiger partial charge is 0.497 e. The zero-order valence-corrected chi connectivity index (χ0v) is 14.0. The van der Waals surface area contributed by atoms with E-state index in [-0.39, 0.29) is 29.5 Å². The smallest absolute Gasteiger partial charge is 0.247 e. The molecule has 2 fully saturated rings. The minimum atomic E-state index is -2.99. The Kier molecular flexibility index (Phi) is 4.43. The molecule has 0 aromatic heterocycles. The van der Waals surface area contributed by atoms with E-state index < -0.39 is 9.84 Å². The van der Waals surface area contributed by atoms with Crippen molar-refractivity contribution in [3.8, 4) is 5.75 Å². The third-order valence-electron chi connectivity index (χ3n) is 4.31. The van der Waals surface area contributed by atoms with Gasteiger partial charge in [0.1, 0.15) is 5.75 Å². The molecule has 6 heteroatoms. The van der Waals surface area contributed by atoms with Crippen LogP contribution in [0.2, 0.25) is 0 Å². The van der Waals surface area contributed by atoms with Gasteiger partial charge in [0.15, 0.2) is 9.84 Å². The number of benzene rings is 1. The Bertz CT molecular complexity index is 722. The van der Waals surface area contributed by atoms with E-state index >= 15 is 0 Å². The number of nitrogens with zero attached hydrogens (tertiary/aromatic N) is 1.